The lowest BCUT2D eigenvalue weighted by molar-refractivity contribution is -0.140. The first-order valence-corrected chi connectivity index (χ1v) is 11.5. The van der Waals surface area contributed by atoms with Gasteiger partial charge >= 0.3 is 0 Å². The fraction of sp³-hybridized carbons (Fsp3) is 0.385. The van der Waals surface area contributed by atoms with Gasteiger partial charge in [-0.1, -0.05) is 0 Å². The van der Waals surface area contributed by atoms with Crippen LogP contribution in [0, 0.1) is 0 Å². The van der Waals surface area contributed by atoms with Crippen molar-refractivity contribution >= 4 is 17.4 Å². The molecule has 0 bridgehead atoms. The molecular weight excluding hydrogens is 454 g/mol. The van der Waals surface area contributed by atoms with E-state index in [9.17, 15) is 14.7 Å². The van der Waals surface area contributed by atoms with Gasteiger partial charge in [0.05, 0.1) is 31.9 Å². The number of hydrogen-bond acceptors (Lipinski definition) is 8. The van der Waals surface area contributed by atoms with E-state index in [2.05, 4.69) is 0 Å². The summed E-state index contributed by atoms with van der Waals surface area (Å²) in [6.07, 6.45) is 1.49. The molecule has 1 N–H and O–H groups in total. The second kappa shape index (κ2) is 9.50. The maximum Gasteiger partial charge on any atom is 0.295 e. The van der Waals surface area contributed by atoms with Crippen molar-refractivity contribution in [3.8, 4) is 23.0 Å². The first-order chi connectivity index (χ1) is 17.0. The third-order valence-corrected chi connectivity index (χ3v) is 6.52. The number of nitrogens with zero attached hydrogens (tertiary/aromatic N) is 1. The minimum absolute atomic E-state index is 0.0202. The summed E-state index contributed by atoms with van der Waals surface area (Å²) in [6.45, 7) is 1.65. The average molecular weight is 482 g/mol. The Balaban J connectivity index is 1.64. The molecule has 3 heterocycles. The Morgan fingerprint density at radius 3 is 2.54 bits per heavy atom. The minimum atomic E-state index is -0.867. The van der Waals surface area contributed by atoms with Crippen molar-refractivity contribution in [3.05, 3.63) is 53.1 Å². The standard InChI is InChI=1S/C26H27NO8/c1-31-16-6-7-18(20(13-16)32-2)23-22(25(29)26(30)27(23)14-17-4-3-9-33-17)24(28)15-5-8-19-21(12-15)35-11-10-34-19/h5-8,12-13,17,23,28H,3-4,9-11,14H2,1-2H3/t17-,23-/m0/s1. The summed E-state index contributed by atoms with van der Waals surface area (Å²) in [4.78, 5) is 28.0. The summed E-state index contributed by atoms with van der Waals surface area (Å²) in [5.74, 6) is 0.265. The van der Waals surface area contributed by atoms with Crippen molar-refractivity contribution in [2.75, 3.05) is 40.6 Å². The van der Waals surface area contributed by atoms with Gasteiger partial charge in [0.1, 0.15) is 30.5 Å². The van der Waals surface area contributed by atoms with Gasteiger partial charge in [0, 0.05) is 30.3 Å². The number of rotatable bonds is 6. The molecule has 5 rings (SSSR count). The Kier molecular flexibility index (Phi) is 6.25. The molecule has 0 aromatic heterocycles. The number of amides is 1. The van der Waals surface area contributed by atoms with E-state index in [-0.39, 0.29) is 24.0 Å². The van der Waals surface area contributed by atoms with Crippen molar-refractivity contribution in [1.82, 2.24) is 4.90 Å². The molecular formula is C26H27NO8. The second-order valence-electron chi connectivity index (χ2n) is 8.55. The van der Waals surface area contributed by atoms with Crippen LogP contribution in [0.25, 0.3) is 5.76 Å². The van der Waals surface area contributed by atoms with Crippen molar-refractivity contribution < 1.29 is 38.4 Å². The van der Waals surface area contributed by atoms with E-state index in [1.165, 1.54) is 12.0 Å². The highest BCUT2D eigenvalue weighted by Gasteiger charge is 2.48. The van der Waals surface area contributed by atoms with Crippen LogP contribution in [0.5, 0.6) is 23.0 Å². The lowest BCUT2D eigenvalue weighted by atomic mass is 9.94. The topological polar surface area (TPSA) is 104 Å². The lowest BCUT2D eigenvalue weighted by Gasteiger charge is -2.28. The van der Waals surface area contributed by atoms with E-state index in [1.807, 2.05) is 0 Å². The molecule has 0 saturated carbocycles. The van der Waals surface area contributed by atoms with Crippen LogP contribution in [0.3, 0.4) is 0 Å². The molecule has 3 aliphatic heterocycles. The number of carbonyl (C=O) groups excluding carboxylic acids is 2. The maximum atomic E-state index is 13.3. The van der Waals surface area contributed by atoms with Crippen molar-refractivity contribution in [3.63, 3.8) is 0 Å². The Hall–Kier alpha value is -3.72. The van der Waals surface area contributed by atoms with Crippen molar-refractivity contribution in [2.24, 2.45) is 0 Å². The lowest BCUT2D eigenvalue weighted by Crippen LogP contribution is -2.36. The van der Waals surface area contributed by atoms with Crippen molar-refractivity contribution in [1.29, 1.82) is 0 Å². The molecule has 3 aliphatic rings. The Morgan fingerprint density at radius 1 is 1.03 bits per heavy atom. The van der Waals surface area contributed by atoms with E-state index < -0.39 is 17.7 Å². The highest BCUT2D eigenvalue weighted by atomic mass is 16.6. The fourth-order valence-electron chi connectivity index (χ4n) is 4.79. The summed E-state index contributed by atoms with van der Waals surface area (Å²) < 4.78 is 27.9. The number of Topliss-reactive ketones (excluding diaryl/α,β-unsaturated/α-hetero) is 1. The van der Waals surface area contributed by atoms with E-state index in [4.69, 9.17) is 23.7 Å². The van der Waals surface area contributed by atoms with Gasteiger partial charge in [0.2, 0.25) is 0 Å². The molecule has 1 amide bonds. The highest BCUT2D eigenvalue weighted by molar-refractivity contribution is 6.46. The monoisotopic (exact) mass is 481 g/mol. The summed E-state index contributed by atoms with van der Waals surface area (Å²) >= 11 is 0. The Morgan fingerprint density at radius 2 is 1.83 bits per heavy atom. The highest BCUT2D eigenvalue weighted by Crippen LogP contribution is 2.45. The summed E-state index contributed by atoms with van der Waals surface area (Å²) in [5.41, 5.74) is 0.888. The van der Waals surface area contributed by atoms with Gasteiger partial charge in [-0.3, -0.25) is 9.59 Å². The molecule has 0 unspecified atom stereocenters. The van der Waals surface area contributed by atoms with Crippen LogP contribution in [0.15, 0.2) is 42.0 Å². The molecule has 35 heavy (non-hydrogen) atoms. The molecule has 2 aromatic rings. The molecule has 2 fully saturated rings. The number of likely N-dealkylation sites (tertiary alicyclic amines) is 1. The van der Waals surface area contributed by atoms with Crippen LogP contribution in [0.4, 0.5) is 0 Å². The molecule has 9 nitrogen and oxygen atoms in total. The third-order valence-electron chi connectivity index (χ3n) is 6.52. The van der Waals surface area contributed by atoms with Gasteiger partial charge < -0.3 is 33.7 Å². The predicted octanol–water partition coefficient (Wildman–Crippen LogP) is 3.08. The van der Waals surface area contributed by atoms with Gasteiger partial charge in [-0.25, -0.2) is 0 Å². The van der Waals surface area contributed by atoms with Crippen molar-refractivity contribution in [2.45, 2.75) is 25.0 Å². The molecule has 0 radical (unpaired) electrons. The first-order valence-electron chi connectivity index (χ1n) is 11.5. The van der Waals surface area contributed by atoms with Crippen LogP contribution in [0.1, 0.15) is 30.0 Å². The second-order valence-corrected chi connectivity index (χ2v) is 8.55. The largest absolute Gasteiger partial charge is 0.507 e. The number of ether oxygens (including phenoxy) is 5. The average Bonchev–Trinajstić information content (AvgIpc) is 3.50. The van der Waals surface area contributed by atoms with Gasteiger partial charge in [-0.2, -0.15) is 0 Å². The van der Waals surface area contributed by atoms with Crippen LogP contribution in [0.2, 0.25) is 0 Å². The number of ketones is 1. The molecule has 2 atom stereocenters. The van der Waals surface area contributed by atoms with Gasteiger partial charge in [0.25, 0.3) is 11.7 Å². The van der Waals surface area contributed by atoms with Crippen LogP contribution in [-0.2, 0) is 14.3 Å². The Labute approximate surface area is 202 Å². The number of hydrogen-bond donors (Lipinski definition) is 1. The quantitative estimate of drug-likeness (QED) is 0.382. The van der Waals surface area contributed by atoms with Crippen LogP contribution >= 0.6 is 0 Å². The Bertz CT molecular complexity index is 1180. The zero-order valence-electron chi connectivity index (χ0n) is 19.6. The van der Waals surface area contributed by atoms with Crippen LogP contribution in [-0.4, -0.2) is 68.4 Å². The molecule has 0 aliphatic carbocycles. The number of benzene rings is 2. The zero-order chi connectivity index (χ0) is 24.5. The zero-order valence-corrected chi connectivity index (χ0v) is 19.6. The van der Waals surface area contributed by atoms with Gasteiger partial charge in [-0.15, -0.1) is 0 Å². The SMILES string of the molecule is COc1ccc([C@H]2C(=C(O)c3ccc4c(c3)OCCO4)C(=O)C(=O)N2C[C@@H]2CCCO2)c(OC)c1. The molecule has 2 saturated heterocycles. The number of aliphatic hydroxyl groups excluding tert-OH is 1. The molecule has 9 heteroatoms. The molecule has 184 valence electrons. The molecule has 2 aromatic carbocycles. The van der Waals surface area contributed by atoms with E-state index >= 15 is 0 Å². The van der Waals surface area contributed by atoms with E-state index in [1.54, 1.807) is 43.5 Å². The maximum absolute atomic E-state index is 13.3. The fourth-order valence-corrected chi connectivity index (χ4v) is 4.79. The predicted molar refractivity (Wildman–Crippen MR) is 125 cm³/mol. The molecule has 0 spiro atoms. The van der Waals surface area contributed by atoms with E-state index in [0.717, 1.165) is 12.8 Å². The van der Waals surface area contributed by atoms with E-state index in [0.29, 0.717) is 53.9 Å². The number of carbonyl (C=O) groups is 2. The minimum Gasteiger partial charge on any atom is -0.507 e. The number of fused-ring (bicyclic) bond motifs is 1. The first kappa shape index (κ1) is 23.0. The number of aliphatic hydroxyl groups is 1. The van der Waals surface area contributed by atoms with Gasteiger partial charge in [-0.05, 0) is 43.2 Å². The normalized spacial score (nSPS) is 23.0. The summed E-state index contributed by atoms with van der Waals surface area (Å²) in [5, 5.41) is 11.4. The summed E-state index contributed by atoms with van der Waals surface area (Å²) in [7, 11) is 3.05. The smallest absolute Gasteiger partial charge is 0.295 e. The third kappa shape index (κ3) is 4.16. The van der Waals surface area contributed by atoms with Gasteiger partial charge in [0.15, 0.2) is 11.5 Å². The number of methoxy groups -OCH3 is 2. The summed E-state index contributed by atoms with van der Waals surface area (Å²) in [6, 6.07) is 9.22. The van der Waals surface area contributed by atoms with Crippen LogP contribution < -0.4 is 18.9 Å².